The fourth-order valence-corrected chi connectivity index (χ4v) is 3.46. The third kappa shape index (κ3) is 4.06. The minimum atomic E-state index is -3.37. The molecule has 0 unspecified atom stereocenters. The van der Waals surface area contributed by atoms with Crippen molar-refractivity contribution in [2.75, 3.05) is 6.26 Å². The highest BCUT2D eigenvalue weighted by Crippen LogP contribution is 2.30. The Kier molecular flexibility index (Phi) is 5.38. The number of hydrogen-bond donors (Lipinski definition) is 1. The summed E-state index contributed by atoms with van der Waals surface area (Å²) in [4.78, 5) is 14.5. The monoisotopic (exact) mass is 317 g/mol. The van der Waals surface area contributed by atoms with Crippen molar-refractivity contribution in [2.45, 2.75) is 45.9 Å². The summed E-state index contributed by atoms with van der Waals surface area (Å²) in [6.45, 7) is 9.51. The van der Waals surface area contributed by atoms with Gasteiger partial charge in [-0.25, -0.2) is 8.42 Å². The molecule has 1 aromatic heterocycles. The standard InChI is InChI=1S/C14H23NO3S2/c1-8(2)13(12-7-9(3)19-10(12)4)15-14(16)11(5)20(6,17)18/h7-8,11,13H,1-6H3,(H,15,16)/t11-,13+/m1/s1. The molecule has 0 radical (unpaired) electrons. The Morgan fingerprint density at radius 1 is 1.25 bits per heavy atom. The molecule has 0 aliphatic carbocycles. The van der Waals surface area contributed by atoms with Crippen LogP contribution in [0.5, 0.6) is 0 Å². The highest BCUT2D eigenvalue weighted by Gasteiger charge is 2.28. The number of aryl methyl sites for hydroxylation is 2. The maximum atomic E-state index is 12.1. The molecule has 0 spiro atoms. The van der Waals surface area contributed by atoms with Crippen molar-refractivity contribution >= 4 is 27.1 Å². The molecule has 0 saturated carbocycles. The Morgan fingerprint density at radius 3 is 2.15 bits per heavy atom. The summed E-state index contributed by atoms with van der Waals surface area (Å²) < 4.78 is 22.9. The summed E-state index contributed by atoms with van der Waals surface area (Å²) in [5.74, 6) is -0.243. The summed E-state index contributed by atoms with van der Waals surface area (Å²) >= 11 is 1.69. The maximum absolute atomic E-state index is 12.1. The summed E-state index contributed by atoms with van der Waals surface area (Å²) in [6.07, 6.45) is 1.08. The van der Waals surface area contributed by atoms with Crippen molar-refractivity contribution in [3.05, 3.63) is 21.4 Å². The van der Waals surface area contributed by atoms with Crippen molar-refractivity contribution in [3.8, 4) is 0 Å². The highest BCUT2D eigenvalue weighted by molar-refractivity contribution is 7.92. The lowest BCUT2D eigenvalue weighted by Crippen LogP contribution is -2.41. The lowest BCUT2D eigenvalue weighted by atomic mass is 9.96. The predicted molar refractivity (Wildman–Crippen MR) is 83.8 cm³/mol. The van der Waals surface area contributed by atoms with Crippen LogP contribution >= 0.6 is 11.3 Å². The molecule has 1 heterocycles. The van der Waals surface area contributed by atoms with Gasteiger partial charge >= 0.3 is 0 Å². The first-order valence-electron chi connectivity index (χ1n) is 6.60. The third-order valence-corrected chi connectivity index (χ3v) is 5.87. The Bertz CT molecular complexity index is 588. The van der Waals surface area contributed by atoms with Gasteiger partial charge in [-0.3, -0.25) is 4.79 Å². The SMILES string of the molecule is Cc1cc([C@@H](NC(=O)[C@@H](C)S(C)(=O)=O)C(C)C)c(C)s1. The van der Waals surface area contributed by atoms with Gasteiger partial charge in [0.2, 0.25) is 5.91 Å². The molecule has 6 heteroatoms. The van der Waals surface area contributed by atoms with Crippen LogP contribution in [0.25, 0.3) is 0 Å². The molecular formula is C14H23NO3S2. The second-order valence-corrected chi connectivity index (χ2v) is 9.40. The van der Waals surface area contributed by atoms with Crippen molar-refractivity contribution < 1.29 is 13.2 Å². The van der Waals surface area contributed by atoms with Gasteiger partial charge in [-0.2, -0.15) is 0 Å². The number of thiophene rings is 1. The van der Waals surface area contributed by atoms with Crippen LogP contribution in [-0.4, -0.2) is 25.8 Å². The number of rotatable bonds is 5. The zero-order chi connectivity index (χ0) is 15.7. The van der Waals surface area contributed by atoms with Crippen LogP contribution < -0.4 is 5.32 Å². The van der Waals surface area contributed by atoms with Gasteiger partial charge in [-0.05, 0) is 38.3 Å². The second kappa shape index (κ2) is 6.26. The first kappa shape index (κ1) is 17.2. The molecule has 0 saturated heterocycles. The van der Waals surface area contributed by atoms with Gasteiger partial charge in [-0.15, -0.1) is 11.3 Å². The molecule has 4 nitrogen and oxygen atoms in total. The van der Waals surface area contributed by atoms with Crippen molar-refractivity contribution in [3.63, 3.8) is 0 Å². The quantitative estimate of drug-likeness (QED) is 0.908. The molecule has 1 aromatic rings. The second-order valence-electron chi connectivity index (χ2n) is 5.57. The van der Waals surface area contributed by atoms with Crippen LogP contribution in [0.2, 0.25) is 0 Å². The molecule has 114 valence electrons. The molecule has 0 aliphatic heterocycles. The van der Waals surface area contributed by atoms with E-state index in [1.54, 1.807) is 11.3 Å². The minimum absolute atomic E-state index is 0.156. The number of carbonyl (C=O) groups is 1. The average molecular weight is 317 g/mol. The topological polar surface area (TPSA) is 63.2 Å². The molecular weight excluding hydrogens is 294 g/mol. The third-order valence-electron chi connectivity index (χ3n) is 3.39. The zero-order valence-corrected chi connectivity index (χ0v) is 14.5. The molecule has 0 aliphatic rings. The van der Waals surface area contributed by atoms with Crippen LogP contribution in [0.4, 0.5) is 0 Å². The van der Waals surface area contributed by atoms with E-state index in [0.717, 1.165) is 16.7 Å². The number of carbonyl (C=O) groups excluding carboxylic acids is 1. The van der Waals surface area contributed by atoms with Gasteiger partial charge in [-0.1, -0.05) is 13.8 Å². The number of sulfone groups is 1. The Morgan fingerprint density at radius 2 is 1.80 bits per heavy atom. The summed E-state index contributed by atoms with van der Waals surface area (Å²) in [5, 5.41) is 1.86. The fraction of sp³-hybridized carbons (Fsp3) is 0.643. The van der Waals surface area contributed by atoms with E-state index in [2.05, 4.69) is 11.4 Å². The van der Waals surface area contributed by atoms with Gasteiger partial charge < -0.3 is 5.32 Å². The van der Waals surface area contributed by atoms with Crippen LogP contribution in [-0.2, 0) is 14.6 Å². The summed E-state index contributed by atoms with van der Waals surface area (Å²) in [5.41, 5.74) is 1.08. The van der Waals surface area contributed by atoms with E-state index in [-0.39, 0.29) is 12.0 Å². The van der Waals surface area contributed by atoms with Gasteiger partial charge in [0.05, 0.1) is 6.04 Å². The molecule has 1 amide bonds. The Balaban J connectivity index is 3.01. The smallest absolute Gasteiger partial charge is 0.238 e. The fourth-order valence-electron chi connectivity index (χ4n) is 2.03. The molecule has 20 heavy (non-hydrogen) atoms. The highest BCUT2D eigenvalue weighted by atomic mass is 32.2. The molecule has 2 atom stereocenters. The molecule has 0 aromatic carbocycles. The molecule has 0 bridgehead atoms. The lowest BCUT2D eigenvalue weighted by molar-refractivity contribution is -0.121. The van der Waals surface area contributed by atoms with E-state index in [0.29, 0.717) is 0 Å². The normalized spacial score (nSPS) is 15.2. The van der Waals surface area contributed by atoms with Gasteiger partial charge in [0.15, 0.2) is 9.84 Å². The van der Waals surface area contributed by atoms with Crippen LogP contribution in [0.15, 0.2) is 6.07 Å². The Hall–Kier alpha value is -0.880. The van der Waals surface area contributed by atoms with Crippen molar-refractivity contribution in [1.29, 1.82) is 0 Å². The first-order chi connectivity index (χ1) is 9.04. The number of amides is 1. The van der Waals surface area contributed by atoms with Crippen LogP contribution in [0.1, 0.15) is 42.1 Å². The summed E-state index contributed by atoms with van der Waals surface area (Å²) in [6, 6.07) is 1.91. The number of nitrogens with one attached hydrogen (secondary N) is 1. The molecule has 1 N–H and O–H groups in total. The zero-order valence-electron chi connectivity index (χ0n) is 12.9. The lowest BCUT2D eigenvalue weighted by Gasteiger charge is -2.24. The van der Waals surface area contributed by atoms with E-state index < -0.39 is 21.0 Å². The van der Waals surface area contributed by atoms with Gasteiger partial charge in [0, 0.05) is 16.0 Å². The largest absolute Gasteiger partial charge is 0.348 e. The van der Waals surface area contributed by atoms with E-state index in [1.165, 1.54) is 11.8 Å². The van der Waals surface area contributed by atoms with E-state index >= 15 is 0 Å². The summed E-state index contributed by atoms with van der Waals surface area (Å²) in [7, 11) is -3.37. The molecule has 0 fully saturated rings. The van der Waals surface area contributed by atoms with Crippen molar-refractivity contribution in [1.82, 2.24) is 5.32 Å². The molecule has 1 rings (SSSR count). The van der Waals surface area contributed by atoms with E-state index in [4.69, 9.17) is 0 Å². The van der Waals surface area contributed by atoms with Crippen LogP contribution in [0, 0.1) is 19.8 Å². The van der Waals surface area contributed by atoms with E-state index in [1.807, 2.05) is 27.7 Å². The van der Waals surface area contributed by atoms with Gasteiger partial charge in [0.25, 0.3) is 0 Å². The van der Waals surface area contributed by atoms with Crippen LogP contribution in [0.3, 0.4) is 0 Å². The predicted octanol–water partition coefficient (Wildman–Crippen LogP) is 2.61. The first-order valence-corrected chi connectivity index (χ1v) is 9.37. The van der Waals surface area contributed by atoms with Crippen molar-refractivity contribution in [2.24, 2.45) is 5.92 Å². The average Bonchev–Trinajstić information content (AvgIpc) is 2.62. The Labute approximate surface area is 125 Å². The van der Waals surface area contributed by atoms with Gasteiger partial charge in [0.1, 0.15) is 5.25 Å². The maximum Gasteiger partial charge on any atom is 0.238 e. The minimum Gasteiger partial charge on any atom is -0.348 e. The van der Waals surface area contributed by atoms with E-state index in [9.17, 15) is 13.2 Å². The number of hydrogen-bond acceptors (Lipinski definition) is 4.